The second-order valence-electron chi connectivity index (χ2n) is 11.5. The normalized spacial score (nSPS) is 15.3. The molecule has 1 aliphatic rings. The fourth-order valence-electron chi connectivity index (χ4n) is 6.20. The molecule has 1 amide bonds. The Morgan fingerprint density at radius 1 is 1.02 bits per heavy atom. The molecule has 1 aliphatic carbocycles. The minimum atomic E-state index is -0.179. The molecule has 4 aromatic rings. The van der Waals surface area contributed by atoms with Gasteiger partial charge in [0.25, 0.3) is 0 Å². The molecule has 218 valence electrons. The lowest BCUT2D eigenvalue weighted by molar-refractivity contribution is -0.122. The van der Waals surface area contributed by atoms with E-state index in [0.717, 1.165) is 64.9 Å². The zero-order valence-corrected chi connectivity index (χ0v) is 25.0. The molecule has 2 aromatic heterocycles. The van der Waals surface area contributed by atoms with E-state index in [0.29, 0.717) is 19.6 Å². The van der Waals surface area contributed by atoms with Crippen molar-refractivity contribution in [3.63, 3.8) is 0 Å². The highest BCUT2D eigenvalue weighted by atomic mass is 16.3. The first kappa shape index (κ1) is 29.6. The number of nitrogens with zero attached hydrogens (tertiary/aromatic N) is 3. The smallest absolute Gasteiger partial charge is 0.227 e. The molecule has 42 heavy (non-hydrogen) atoms. The summed E-state index contributed by atoms with van der Waals surface area (Å²) in [5.41, 5.74) is 9.86. The van der Waals surface area contributed by atoms with Crippen molar-refractivity contribution in [2.75, 3.05) is 0 Å². The summed E-state index contributed by atoms with van der Waals surface area (Å²) < 4.78 is 0. The molecule has 0 fully saturated rings. The summed E-state index contributed by atoms with van der Waals surface area (Å²) in [5, 5.41) is 13.5. The third-order valence-electron chi connectivity index (χ3n) is 8.49. The van der Waals surface area contributed by atoms with E-state index in [1.165, 1.54) is 11.1 Å². The molecule has 2 heterocycles. The van der Waals surface area contributed by atoms with Crippen LogP contribution in [0.1, 0.15) is 88.5 Å². The number of benzene rings is 2. The molecule has 0 bridgehead atoms. The van der Waals surface area contributed by atoms with E-state index in [1.54, 1.807) is 0 Å². The highest BCUT2D eigenvalue weighted by Crippen LogP contribution is 2.35. The van der Waals surface area contributed by atoms with Crippen molar-refractivity contribution >= 4 is 5.91 Å². The lowest BCUT2D eigenvalue weighted by Gasteiger charge is -2.35. The number of nitrogens with one attached hydrogen (secondary N) is 1. The standard InChI is InChI=1S/C36H42N4O2/c1-4-32(28-10-6-5-7-11-28)36(42)39-21-27-15-16-30(31(19-27)24-41)22-40(23-33-26(3)18-25(2)20-38-33)34-14-8-12-29-13-9-17-37-35(29)34/h5-7,9-11,13,15-20,32,34,41H,4,8,12,14,21-24H2,1-3H3,(H,39,42). The fourth-order valence-corrected chi connectivity index (χ4v) is 6.20. The third kappa shape index (κ3) is 6.94. The van der Waals surface area contributed by atoms with Crippen molar-refractivity contribution in [3.05, 3.63) is 129 Å². The van der Waals surface area contributed by atoms with Crippen LogP contribution in [0.25, 0.3) is 0 Å². The lowest BCUT2D eigenvalue weighted by Crippen LogP contribution is -2.32. The Hall–Kier alpha value is -3.87. The van der Waals surface area contributed by atoms with Gasteiger partial charge >= 0.3 is 0 Å². The number of amides is 1. The van der Waals surface area contributed by atoms with Gasteiger partial charge in [-0.05, 0) is 84.5 Å². The first-order valence-corrected chi connectivity index (χ1v) is 15.1. The van der Waals surface area contributed by atoms with Gasteiger partial charge in [0, 0.05) is 32.0 Å². The van der Waals surface area contributed by atoms with Crippen molar-refractivity contribution in [2.45, 2.75) is 84.7 Å². The van der Waals surface area contributed by atoms with Gasteiger partial charge in [-0.2, -0.15) is 0 Å². The summed E-state index contributed by atoms with van der Waals surface area (Å²) >= 11 is 0. The predicted molar refractivity (Wildman–Crippen MR) is 167 cm³/mol. The molecule has 0 saturated heterocycles. The van der Waals surface area contributed by atoms with Gasteiger partial charge in [-0.25, -0.2) is 0 Å². The van der Waals surface area contributed by atoms with Crippen LogP contribution in [-0.2, 0) is 37.5 Å². The number of aromatic nitrogens is 2. The fraction of sp³-hybridized carbons (Fsp3) is 0.361. The Bertz CT molecular complexity index is 1500. The molecule has 0 aliphatic heterocycles. The molecule has 2 unspecified atom stereocenters. The minimum Gasteiger partial charge on any atom is -0.392 e. The number of rotatable bonds is 11. The number of pyridine rings is 2. The van der Waals surface area contributed by atoms with Crippen LogP contribution in [0.2, 0.25) is 0 Å². The van der Waals surface area contributed by atoms with Crippen LogP contribution in [-0.4, -0.2) is 25.9 Å². The van der Waals surface area contributed by atoms with Crippen LogP contribution in [0.15, 0.2) is 79.1 Å². The monoisotopic (exact) mass is 562 g/mol. The maximum Gasteiger partial charge on any atom is 0.227 e. The lowest BCUT2D eigenvalue weighted by atomic mass is 9.90. The zero-order chi connectivity index (χ0) is 29.5. The Morgan fingerprint density at radius 3 is 2.62 bits per heavy atom. The number of hydrogen-bond acceptors (Lipinski definition) is 5. The average molecular weight is 563 g/mol. The van der Waals surface area contributed by atoms with Crippen LogP contribution < -0.4 is 5.32 Å². The van der Waals surface area contributed by atoms with Gasteiger partial charge in [0.2, 0.25) is 5.91 Å². The van der Waals surface area contributed by atoms with Gasteiger partial charge in [-0.1, -0.05) is 67.6 Å². The van der Waals surface area contributed by atoms with Crippen molar-refractivity contribution in [2.24, 2.45) is 0 Å². The van der Waals surface area contributed by atoms with Crippen molar-refractivity contribution in [1.82, 2.24) is 20.2 Å². The van der Waals surface area contributed by atoms with E-state index in [9.17, 15) is 9.90 Å². The minimum absolute atomic E-state index is 0.0222. The molecule has 6 nitrogen and oxygen atoms in total. The summed E-state index contributed by atoms with van der Waals surface area (Å²) in [7, 11) is 0. The average Bonchev–Trinajstić information content (AvgIpc) is 3.02. The van der Waals surface area contributed by atoms with Gasteiger partial charge in [-0.15, -0.1) is 0 Å². The molecule has 6 heteroatoms. The van der Waals surface area contributed by atoms with Gasteiger partial charge in [0.1, 0.15) is 0 Å². The number of aliphatic hydroxyl groups is 1. The molecular weight excluding hydrogens is 520 g/mol. The summed E-state index contributed by atoms with van der Waals surface area (Å²) in [6.45, 7) is 7.97. The Kier molecular flexibility index (Phi) is 9.78. The quantitative estimate of drug-likeness (QED) is 0.219. The largest absolute Gasteiger partial charge is 0.392 e. The molecule has 2 N–H and O–H groups in total. The van der Waals surface area contributed by atoms with Crippen molar-refractivity contribution in [1.29, 1.82) is 0 Å². The third-order valence-corrected chi connectivity index (χ3v) is 8.49. The number of hydrogen-bond donors (Lipinski definition) is 2. The number of fused-ring (bicyclic) bond motifs is 1. The van der Waals surface area contributed by atoms with E-state index >= 15 is 0 Å². The number of carbonyl (C=O) groups excluding carboxylic acids is 1. The molecule has 0 saturated carbocycles. The molecule has 5 rings (SSSR count). The van der Waals surface area contributed by atoms with E-state index in [1.807, 2.05) is 61.8 Å². The molecule has 0 spiro atoms. The molecule has 2 aromatic carbocycles. The zero-order valence-electron chi connectivity index (χ0n) is 25.0. The molecular formula is C36H42N4O2. The Balaban J connectivity index is 1.37. The molecule has 2 atom stereocenters. The number of aliphatic hydroxyl groups excluding tert-OH is 1. The topological polar surface area (TPSA) is 78.4 Å². The summed E-state index contributed by atoms with van der Waals surface area (Å²) in [4.78, 5) is 25.1. The van der Waals surface area contributed by atoms with Crippen molar-refractivity contribution in [3.8, 4) is 0 Å². The van der Waals surface area contributed by atoms with Gasteiger partial charge < -0.3 is 10.4 Å². The van der Waals surface area contributed by atoms with E-state index in [-0.39, 0.29) is 24.5 Å². The SMILES string of the molecule is CCC(C(=O)NCc1ccc(CN(Cc2ncc(C)cc2C)C2CCCc3cccnc32)c(CO)c1)c1ccccc1. The summed E-state index contributed by atoms with van der Waals surface area (Å²) in [5.74, 6) is -0.156. The summed E-state index contributed by atoms with van der Waals surface area (Å²) in [6, 6.07) is 22.7. The Morgan fingerprint density at radius 2 is 1.86 bits per heavy atom. The van der Waals surface area contributed by atoms with Crippen LogP contribution in [0.3, 0.4) is 0 Å². The van der Waals surface area contributed by atoms with Crippen LogP contribution >= 0.6 is 0 Å². The van der Waals surface area contributed by atoms with E-state index in [4.69, 9.17) is 9.97 Å². The predicted octanol–water partition coefficient (Wildman–Crippen LogP) is 6.48. The maximum atomic E-state index is 13.0. The highest BCUT2D eigenvalue weighted by molar-refractivity contribution is 5.83. The highest BCUT2D eigenvalue weighted by Gasteiger charge is 2.28. The second-order valence-corrected chi connectivity index (χ2v) is 11.5. The second kappa shape index (κ2) is 13.9. The van der Waals surface area contributed by atoms with Gasteiger partial charge in [-0.3, -0.25) is 19.7 Å². The van der Waals surface area contributed by atoms with Gasteiger partial charge in [0.15, 0.2) is 0 Å². The maximum absolute atomic E-state index is 13.0. The van der Waals surface area contributed by atoms with Crippen LogP contribution in [0.5, 0.6) is 0 Å². The molecule has 0 radical (unpaired) electrons. The number of carbonyl (C=O) groups is 1. The number of aryl methyl sites for hydroxylation is 3. The first-order chi connectivity index (χ1) is 20.5. The Labute approximate surface area is 249 Å². The van der Waals surface area contributed by atoms with Crippen LogP contribution in [0, 0.1) is 13.8 Å². The van der Waals surface area contributed by atoms with Gasteiger partial charge in [0.05, 0.1) is 30.0 Å². The van der Waals surface area contributed by atoms with Crippen LogP contribution in [0.4, 0.5) is 0 Å². The van der Waals surface area contributed by atoms with E-state index < -0.39 is 0 Å². The van der Waals surface area contributed by atoms with Crippen molar-refractivity contribution < 1.29 is 9.90 Å². The first-order valence-electron chi connectivity index (χ1n) is 15.1. The summed E-state index contributed by atoms with van der Waals surface area (Å²) in [6.07, 6.45) is 7.78. The van der Waals surface area contributed by atoms with E-state index in [2.05, 4.69) is 48.3 Å².